The summed E-state index contributed by atoms with van der Waals surface area (Å²) in [5.41, 5.74) is 3.88. The second-order valence-corrected chi connectivity index (χ2v) is 6.27. The van der Waals surface area contributed by atoms with Crippen molar-refractivity contribution in [1.82, 2.24) is 0 Å². The number of aryl methyl sites for hydroxylation is 1. The van der Waals surface area contributed by atoms with E-state index >= 15 is 0 Å². The Balaban J connectivity index is 0.000000210. The Bertz CT molecular complexity index is 757. The standard InChI is InChI=1S/C8H6O2.C8H12O.C8H10O/c9-5-7-1-2-8(6-10)4-3-7;2*1-7-3-5-8(9-2)6-4-7/h1-6H;3,5H,4,6H2,1-2H3;3-6H,1-2H3. The van der Waals surface area contributed by atoms with Crippen LogP contribution in [0.2, 0.25) is 0 Å². The van der Waals surface area contributed by atoms with Crippen LogP contribution >= 0.6 is 0 Å². The number of carbonyl (C=O) groups is 2. The highest BCUT2D eigenvalue weighted by molar-refractivity contribution is 5.79. The summed E-state index contributed by atoms with van der Waals surface area (Å²) in [6.45, 7) is 4.20. The topological polar surface area (TPSA) is 52.6 Å². The van der Waals surface area contributed by atoms with E-state index in [9.17, 15) is 9.59 Å². The molecule has 0 heterocycles. The molecular weight excluding hydrogens is 352 g/mol. The van der Waals surface area contributed by atoms with Crippen LogP contribution < -0.4 is 4.74 Å². The van der Waals surface area contributed by atoms with Gasteiger partial charge in [-0.25, -0.2) is 0 Å². The van der Waals surface area contributed by atoms with Crippen molar-refractivity contribution in [3.63, 3.8) is 0 Å². The summed E-state index contributed by atoms with van der Waals surface area (Å²) < 4.78 is 10.0. The maximum Gasteiger partial charge on any atom is 0.150 e. The number of ether oxygens (including phenoxy) is 2. The van der Waals surface area contributed by atoms with Crippen LogP contribution in [0.3, 0.4) is 0 Å². The average molecular weight is 380 g/mol. The van der Waals surface area contributed by atoms with Crippen LogP contribution in [0.1, 0.15) is 46.0 Å². The van der Waals surface area contributed by atoms with Crippen LogP contribution in [0.5, 0.6) is 5.75 Å². The minimum Gasteiger partial charge on any atom is -0.501 e. The van der Waals surface area contributed by atoms with Crippen molar-refractivity contribution in [2.75, 3.05) is 14.2 Å². The number of carbonyl (C=O) groups excluding carboxylic acids is 2. The van der Waals surface area contributed by atoms with Crippen LogP contribution in [0.15, 0.2) is 72.0 Å². The SMILES string of the molecule is COC1=CC=C(C)CC1.COc1ccc(C)cc1.O=Cc1ccc(C=O)cc1. The molecule has 2 aromatic carbocycles. The zero-order chi connectivity index (χ0) is 20.8. The summed E-state index contributed by atoms with van der Waals surface area (Å²) in [6.07, 6.45) is 7.86. The number of aldehydes is 2. The van der Waals surface area contributed by atoms with E-state index in [0.29, 0.717) is 11.1 Å². The lowest BCUT2D eigenvalue weighted by Crippen LogP contribution is -1.92. The molecular formula is C24H28O4. The molecule has 4 heteroatoms. The van der Waals surface area contributed by atoms with Crippen molar-refractivity contribution in [1.29, 1.82) is 0 Å². The predicted octanol–water partition coefficient (Wildman–Crippen LogP) is 5.57. The van der Waals surface area contributed by atoms with E-state index in [1.165, 1.54) is 11.1 Å². The highest BCUT2D eigenvalue weighted by Gasteiger charge is 2.00. The number of hydrogen-bond acceptors (Lipinski definition) is 4. The lowest BCUT2D eigenvalue weighted by Gasteiger charge is -2.09. The maximum atomic E-state index is 10.1. The minimum absolute atomic E-state index is 0.589. The van der Waals surface area contributed by atoms with Gasteiger partial charge in [-0.3, -0.25) is 9.59 Å². The van der Waals surface area contributed by atoms with Gasteiger partial charge in [-0.1, -0.05) is 53.6 Å². The fourth-order valence-corrected chi connectivity index (χ4v) is 2.22. The number of methoxy groups -OCH3 is 2. The second-order valence-electron chi connectivity index (χ2n) is 6.27. The third-order valence-corrected chi connectivity index (χ3v) is 4.05. The number of benzene rings is 2. The molecule has 0 N–H and O–H groups in total. The first-order valence-electron chi connectivity index (χ1n) is 9.03. The fourth-order valence-electron chi connectivity index (χ4n) is 2.22. The normalized spacial score (nSPS) is 12.0. The lowest BCUT2D eigenvalue weighted by atomic mass is 10.1. The summed E-state index contributed by atoms with van der Waals surface area (Å²) >= 11 is 0. The zero-order valence-corrected chi connectivity index (χ0v) is 17.0. The quantitative estimate of drug-likeness (QED) is 0.651. The maximum absolute atomic E-state index is 10.1. The molecule has 148 valence electrons. The van der Waals surface area contributed by atoms with Gasteiger partial charge in [0.05, 0.1) is 20.0 Å². The Kier molecular flexibility index (Phi) is 10.7. The highest BCUT2D eigenvalue weighted by Crippen LogP contribution is 2.17. The van der Waals surface area contributed by atoms with Crippen LogP contribution in [-0.2, 0) is 4.74 Å². The Morgan fingerprint density at radius 1 is 0.714 bits per heavy atom. The average Bonchev–Trinajstić information content (AvgIpc) is 2.76. The Morgan fingerprint density at radius 2 is 1.25 bits per heavy atom. The summed E-state index contributed by atoms with van der Waals surface area (Å²) in [5.74, 6) is 2.02. The van der Waals surface area contributed by atoms with Gasteiger partial charge in [0, 0.05) is 17.5 Å². The molecule has 0 aromatic heterocycles. The highest BCUT2D eigenvalue weighted by atomic mass is 16.5. The van der Waals surface area contributed by atoms with Crippen molar-refractivity contribution in [2.45, 2.75) is 26.7 Å². The van der Waals surface area contributed by atoms with E-state index in [4.69, 9.17) is 9.47 Å². The molecule has 0 radical (unpaired) electrons. The van der Waals surface area contributed by atoms with E-state index in [0.717, 1.165) is 36.9 Å². The van der Waals surface area contributed by atoms with Gasteiger partial charge in [-0.2, -0.15) is 0 Å². The number of allylic oxidation sites excluding steroid dienone is 4. The van der Waals surface area contributed by atoms with E-state index in [2.05, 4.69) is 19.9 Å². The van der Waals surface area contributed by atoms with Crippen molar-refractivity contribution < 1.29 is 19.1 Å². The molecule has 0 spiro atoms. The van der Waals surface area contributed by atoms with E-state index in [1.54, 1.807) is 38.5 Å². The molecule has 0 bridgehead atoms. The van der Waals surface area contributed by atoms with Gasteiger partial charge in [0.2, 0.25) is 0 Å². The monoisotopic (exact) mass is 380 g/mol. The van der Waals surface area contributed by atoms with Gasteiger partial charge >= 0.3 is 0 Å². The first-order valence-corrected chi connectivity index (χ1v) is 9.03. The Morgan fingerprint density at radius 3 is 1.61 bits per heavy atom. The summed E-state index contributed by atoms with van der Waals surface area (Å²) in [4.78, 5) is 20.2. The van der Waals surface area contributed by atoms with Crippen molar-refractivity contribution >= 4 is 12.6 Å². The third-order valence-electron chi connectivity index (χ3n) is 4.05. The van der Waals surface area contributed by atoms with Crippen LogP contribution in [0, 0.1) is 6.92 Å². The van der Waals surface area contributed by atoms with Gasteiger partial charge in [0.15, 0.2) is 0 Å². The molecule has 1 aliphatic carbocycles. The van der Waals surface area contributed by atoms with Gasteiger partial charge in [-0.05, 0) is 38.5 Å². The molecule has 0 fully saturated rings. The first kappa shape index (κ1) is 22.9. The Hall–Kier alpha value is -3.14. The lowest BCUT2D eigenvalue weighted by molar-refractivity contribution is 0.111. The van der Waals surface area contributed by atoms with Crippen LogP contribution in [0.4, 0.5) is 0 Å². The van der Waals surface area contributed by atoms with Gasteiger partial charge in [-0.15, -0.1) is 0 Å². The second kappa shape index (κ2) is 13.1. The van der Waals surface area contributed by atoms with Gasteiger partial charge in [0.1, 0.15) is 18.3 Å². The molecule has 0 unspecified atom stereocenters. The van der Waals surface area contributed by atoms with E-state index in [1.807, 2.05) is 30.3 Å². The molecule has 2 aromatic rings. The smallest absolute Gasteiger partial charge is 0.150 e. The van der Waals surface area contributed by atoms with E-state index < -0.39 is 0 Å². The molecule has 0 saturated carbocycles. The molecule has 0 atom stereocenters. The number of hydrogen-bond donors (Lipinski definition) is 0. The molecule has 0 aliphatic heterocycles. The van der Waals surface area contributed by atoms with Crippen LogP contribution in [0.25, 0.3) is 0 Å². The third kappa shape index (κ3) is 8.99. The minimum atomic E-state index is 0.589. The molecule has 4 nitrogen and oxygen atoms in total. The van der Waals surface area contributed by atoms with Gasteiger partial charge in [0.25, 0.3) is 0 Å². The summed E-state index contributed by atoms with van der Waals surface area (Å²) in [5, 5.41) is 0. The number of rotatable bonds is 4. The molecule has 0 amide bonds. The predicted molar refractivity (Wildman–Crippen MR) is 113 cm³/mol. The van der Waals surface area contributed by atoms with Crippen molar-refractivity contribution in [3.8, 4) is 5.75 Å². The first-order chi connectivity index (χ1) is 13.5. The molecule has 28 heavy (non-hydrogen) atoms. The van der Waals surface area contributed by atoms with Crippen LogP contribution in [-0.4, -0.2) is 26.8 Å². The van der Waals surface area contributed by atoms with Crippen molar-refractivity contribution in [3.05, 3.63) is 88.7 Å². The largest absolute Gasteiger partial charge is 0.501 e. The van der Waals surface area contributed by atoms with E-state index in [-0.39, 0.29) is 0 Å². The Labute approximate surface area is 167 Å². The van der Waals surface area contributed by atoms with Gasteiger partial charge < -0.3 is 9.47 Å². The molecule has 1 aliphatic rings. The molecule has 0 saturated heterocycles. The summed E-state index contributed by atoms with van der Waals surface area (Å²) in [6, 6.07) is 14.4. The summed E-state index contributed by atoms with van der Waals surface area (Å²) in [7, 11) is 3.39. The molecule has 3 rings (SSSR count). The zero-order valence-electron chi connectivity index (χ0n) is 17.0. The fraction of sp³-hybridized carbons (Fsp3) is 0.250. The van der Waals surface area contributed by atoms with Crippen molar-refractivity contribution in [2.24, 2.45) is 0 Å².